The Balaban J connectivity index is 1.77. The number of rotatable bonds is 4. The van der Waals surface area contributed by atoms with Gasteiger partial charge in [0.05, 0.1) is 6.54 Å². The largest absolute Gasteiger partial charge is 0.301 e. The molecule has 0 unspecified atom stereocenters. The van der Waals surface area contributed by atoms with E-state index < -0.39 is 0 Å². The number of fused-ring (bicyclic) bond motifs is 1. The van der Waals surface area contributed by atoms with Crippen LogP contribution in [0.1, 0.15) is 22.8 Å². The second-order valence-corrected chi connectivity index (χ2v) is 6.11. The molecule has 0 bridgehead atoms. The van der Waals surface area contributed by atoms with E-state index in [0.717, 1.165) is 43.7 Å². The van der Waals surface area contributed by atoms with Gasteiger partial charge in [-0.3, -0.25) is 9.69 Å². The highest BCUT2D eigenvalue weighted by atomic mass is 16.1. The number of hydrogen-bond acceptors (Lipinski definition) is 3. The molecule has 1 aliphatic heterocycles. The summed E-state index contributed by atoms with van der Waals surface area (Å²) < 4.78 is 0. The van der Waals surface area contributed by atoms with Crippen molar-refractivity contribution in [2.45, 2.75) is 13.8 Å². The number of benzene rings is 2. The Morgan fingerprint density at radius 2 is 1.59 bits per heavy atom. The fourth-order valence-corrected chi connectivity index (χ4v) is 3.24. The maximum absolute atomic E-state index is 12.7. The maximum Gasteiger partial charge on any atom is 0.177 e. The number of likely N-dealkylation sites (N-methyl/N-ethyl adjacent to an activating group) is 1. The summed E-state index contributed by atoms with van der Waals surface area (Å²) in [5.74, 6) is 0.237. The molecule has 1 saturated heterocycles. The first-order valence-corrected chi connectivity index (χ1v) is 8.15. The van der Waals surface area contributed by atoms with Crippen LogP contribution in [0.2, 0.25) is 0 Å². The molecular weight excluding hydrogens is 272 g/mol. The van der Waals surface area contributed by atoms with Gasteiger partial charge >= 0.3 is 0 Å². The number of hydrogen-bond donors (Lipinski definition) is 0. The molecule has 0 spiro atoms. The Labute approximate surface area is 132 Å². The Kier molecular flexibility index (Phi) is 4.55. The van der Waals surface area contributed by atoms with Gasteiger partial charge in [-0.15, -0.1) is 0 Å². The van der Waals surface area contributed by atoms with Crippen LogP contribution < -0.4 is 0 Å². The van der Waals surface area contributed by atoms with E-state index >= 15 is 0 Å². The van der Waals surface area contributed by atoms with E-state index in [9.17, 15) is 4.79 Å². The van der Waals surface area contributed by atoms with Crippen LogP contribution in [0.3, 0.4) is 0 Å². The summed E-state index contributed by atoms with van der Waals surface area (Å²) in [6.07, 6.45) is 0. The molecule has 0 aliphatic carbocycles. The molecule has 0 radical (unpaired) electrons. The molecule has 22 heavy (non-hydrogen) atoms. The third-order valence-electron chi connectivity index (χ3n) is 4.72. The van der Waals surface area contributed by atoms with Crippen molar-refractivity contribution in [3.05, 3.63) is 47.5 Å². The topological polar surface area (TPSA) is 23.6 Å². The molecule has 1 heterocycles. The predicted octanol–water partition coefficient (Wildman–Crippen LogP) is 2.97. The van der Waals surface area contributed by atoms with Gasteiger partial charge in [0.25, 0.3) is 0 Å². The first-order chi connectivity index (χ1) is 10.7. The Hall–Kier alpha value is -1.71. The first kappa shape index (κ1) is 15.2. The molecule has 0 amide bonds. The molecule has 3 heteroatoms. The van der Waals surface area contributed by atoms with Crippen molar-refractivity contribution in [3.63, 3.8) is 0 Å². The van der Waals surface area contributed by atoms with Gasteiger partial charge in [0.15, 0.2) is 5.78 Å². The highest BCUT2D eigenvalue weighted by Crippen LogP contribution is 2.23. The van der Waals surface area contributed by atoms with Crippen LogP contribution in [0.25, 0.3) is 10.8 Å². The molecule has 1 aliphatic rings. The molecule has 2 aromatic carbocycles. The number of carbonyl (C=O) groups excluding carboxylic acids is 1. The molecule has 0 atom stereocenters. The zero-order chi connectivity index (χ0) is 15.5. The fraction of sp³-hybridized carbons (Fsp3) is 0.421. The predicted molar refractivity (Wildman–Crippen MR) is 91.6 cm³/mol. The summed E-state index contributed by atoms with van der Waals surface area (Å²) >= 11 is 0. The smallest absolute Gasteiger partial charge is 0.177 e. The van der Waals surface area contributed by atoms with E-state index in [2.05, 4.69) is 41.8 Å². The van der Waals surface area contributed by atoms with Crippen LogP contribution in [0.4, 0.5) is 0 Å². The summed E-state index contributed by atoms with van der Waals surface area (Å²) in [4.78, 5) is 17.4. The van der Waals surface area contributed by atoms with Crippen LogP contribution in [0.5, 0.6) is 0 Å². The van der Waals surface area contributed by atoms with Crippen LogP contribution in [-0.4, -0.2) is 54.9 Å². The van der Waals surface area contributed by atoms with Crippen LogP contribution in [-0.2, 0) is 0 Å². The highest BCUT2D eigenvalue weighted by molar-refractivity contribution is 6.09. The van der Waals surface area contributed by atoms with Gasteiger partial charge in [-0.05, 0) is 29.8 Å². The lowest BCUT2D eigenvalue weighted by molar-refractivity contribution is 0.0860. The van der Waals surface area contributed by atoms with E-state index in [1.807, 2.05) is 18.2 Å². The van der Waals surface area contributed by atoms with Gasteiger partial charge in [-0.25, -0.2) is 0 Å². The molecule has 0 aromatic heterocycles. The minimum Gasteiger partial charge on any atom is -0.301 e. The minimum absolute atomic E-state index is 0.237. The first-order valence-electron chi connectivity index (χ1n) is 8.15. The van der Waals surface area contributed by atoms with E-state index in [4.69, 9.17) is 0 Å². The summed E-state index contributed by atoms with van der Waals surface area (Å²) in [5.41, 5.74) is 2.09. The van der Waals surface area contributed by atoms with E-state index in [1.54, 1.807) is 0 Å². The monoisotopic (exact) mass is 296 g/mol. The van der Waals surface area contributed by atoms with Crippen LogP contribution >= 0.6 is 0 Å². The third-order valence-corrected chi connectivity index (χ3v) is 4.72. The Bertz CT molecular complexity index is 672. The maximum atomic E-state index is 12.7. The molecule has 116 valence electrons. The molecule has 1 fully saturated rings. The fourth-order valence-electron chi connectivity index (χ4n) is 3.24. The molecule has 2 aromatic rings. The summed E-state index contributed by atoms with van der Waals surface area (Å²) in [5, 5.41) is 2.27. The molecule has 0 N–H and O–H groups in total. The normalized spacial score (nSPS) is 17.0. The molecule has 3 rings (SSSR count). The zero-order valence-corrected chi connectivity index (χ0v) is 13.5. The van der Waals surface area contributed by atoms with Crippen molar-refractivity contribution in [2.75, 3.05) is 39.3 Å². The SMILES string of the molecule is CCN1CCN(CC(=O)c2ccc(C)c3ccccc23)CC1. The molecule has 3 nitrogen and oxygen atoms in total. The number of aryl methyl sites for hydroxylation is 1. The second-order valence-electron chi connectivity index (χ2n) is 6.11. The second kappa shape index (κ2) is 6.59. The quantitative estimate of drug-likeness (QED) is 0.810. The molecular formula is C19H24N2O. The third kappa shape index (κ3) is 3.06. The van der Waals surface area contributed by atoms with Crippen molar-refractivity contribution >= 4 is 16.6 Å². The van der Waals surface area contributed by atoms with E-state index in [1.165, 1.54) is 10.9 Å². The number of nitrogens with zero attached hydrogens (tertiary/aromatic N) is 2. The van der Waals surface area contributed by atoms with Crippen molar-refractivity contribution in [1.29, 1.82) is 0 Å². The van der Waals surface area contributed by atoms with Gasteiger partial charge in [0.2, 0.25) is 0 Å². The van der Waals surface area contributed by atoms with Gasteiger partial charge in [0.1, 0.15) is 0 Å². The summed E-state index contributed by atoms with van der Waals surface area (Å²) in [6.45, 7) is 10.0. The van der Waals surface area contributed by atoms with Crippen molar-refractivity contribution < 1.29 is 4.79 Å². The Morgan fingerprint density at radius 3 is 2.27 bits per heavy atom. The summed E-state index contributed by atoms with van der Waals surface area (Å²) in [6, 6.07) is 12.3. The molecule has 0 saturated carbocycles. The van der Waals surface area contributed by atoms with Gasteiger partial charge in [-0.1, -0.05) is 43.3 Å². The highest BCUT2D eigenvalue weighted by Gasteiger charge is 2.19. The Morgan fingerprint density at radius 1 is 0.955 bits per heavy atom. The van der Waals surface area contributed by atoms with Crippen molar-refractivity contribution in [2.24, 2.45) is 0 Å². The van der Waals surface area contributed by atoms with E-state index in [0.29, 0.717) is 6.54 Å². The van der Waals surface area contributed by atoms with Crippen LogP contribution in [0, 0.1) is 6.92 Å². The average molecular weight is 296 g/mol. The minimum atomic E-state index is 0.237. The van der Waals surface area contributed by atoms with Gasteiger partial charge < -0.3 is 4.90 Å². The lowest BCUT2D eigenvalue weighted by Gasteiger charge is -2.33. The number of carbonyl (C=O) groups is 1. The van der Waals surface area contributed by atoms with Gasteiger partial charge in [-0.2, -0.15) is 0 Å². The number of piperazine rings is 1. The average Bonchev–Trinajstić information content (AvgIpc) is 2.56. The number of Topliss-reactive ketones (excluding diaryl/α,β-unsaturated/α-hetero) is 1. The van der Waals surface area contributed by atoms with Crippen molar-refractivity contribution in [1.82, 2.24) is 9.80 Å². The van der Waals surface area contributed by atoms with Crippen molar-refractivity contribution in [3.8, 4) is 0 Å². The van der Waals surface area contributed by atoms with Crippen LogP contribution in [0.15, 0.2) is 36.4 Å². The number of ketones is 1. The standard InChI is InChI=1S/C19H24N2O/c1-3-20-10-12-21(13-11-20)14-19(22)18-9-8-15(2)16-6-4-5-7-17(16)18/h4-9H,3,10-14H2,1-2H3. The summed E-state index contributed by atoms with van der Waals surface area (Å²) in [7, 11) is 0. The van der Waals surface area contributed by atoms with Gasteiger partial charge in [0, 0.05) is 31.7 Å². The van der Waals surface area contributed by atoms with E-state index in [-0.39, 0.29) is 5.78 Å². The zero-order valence-electron chi connectivity index (χ0n) is 13.5. The lowest BCUT2D eigenvalue weighted by Crippen LogP contribution is -2.47. The lowest BCUT2D eigenvalue weighted by atomic mass is 9.97.